The first-order chi connectivity index (χ1) is 10.8. The first kappa shape index (κ1) is 18.4. The third kappa shape index (κ3) is 4.14. The molecule has 2 rings (SSSR count). The van der Waals surface area contributed by atoms with Crippen molar-refractivity contribution in [3.05, 3.63) is 53.4 Å². The Bertz CT molecular complexity index is 567. The molecule has 1 aromatic rings. The van der Waals surface area contributed by atoms with E-state index in [0.717, 1.165) is 18.5 Å². The van der Waals surface area contributed by atoms with Gasteiger partial charge in [0.1, 0.15) is 0 Å². The zero-order chi connectivity index (χ0) is 17.1. The highest BCUT2D eigenvalue weighted by atomic mass is 28.4. The van der Waals surface area contributed by atoms with Crippen molar-refractivity contribution in [2.75, 3.05) is 0 Å². The highest BCUT2D eigenvalue weighted by Crippen LogP contribution is 2.43. The summed E-state index contributed by atoms with van der Waals surface area (Å²) < 4.78 is 13.3. The monoisotopic (exact) mass is 346 g/mol. The van der Waals surface area contributed by atoms with Crippen molar-refractivity contribution in [3.63, 3.8) is 0 Å². The van der Waals surface area contributed by atoms with Crippen molar-refractivity contribution in [2.45, 2.75) is 64.2 Å². The minimum absolute atomic E-state index is 0.115. The van der Waals surface area contributed by atoms with Gasteiger partial charge in [-0.25, -0.2) is 0 Å². The van der Waals surface area contributed by atoms with Crippen molar-refractivity contribution in [2.24, 2.45) is 0 Å². The molecule has 1 heterocycles. The van der Waals surface area contributed by atoms with Gasteiger partial charge in [-0.05, 0) is 37.3 Å². The summed E-state index contributed by atoms with van der Waals surface area (Å²) in [4.78, 5) is 0. The molecule has 1 aromatic carbocycles. The Morgan fingerprint density at radius 2 is 1.83 bits per heavy atom. The normalized spacial score (nSPS) is 24.3. The van der Waals surface area contributed by atoms with Crippen LogP contribution in [0, 0.1) is 0 Å². The molecule has 0 bridgehead atoms. The predicted molar refractivity (Wildman–Crippen MR) is 102 cm³/mol. The Balaban J connectivity index is 2.42. The van der Waals surface area contributed by atoms with Crippen molar-refractivity contribution in [3.8, 4) is 0 Å². The van der Waals surface area contributed by atoms with E-state index in [2.05, 4.69) is 76.1 Å². The fourth-order valence-corrected chi connectivity index (χ4v) is 8.24. The fraction of sp³-hybridized carbons (Fsp3) is 0.526. The van der Waals surface area contributed by atoms with Gasteiger partial charge in [0.15, 0.2) is 8.32 Å². The van der Waals surface area contributed by atoms with Gasteiger partial charge in [0.2, 0.25) is 8.32 Å². The summed E-state index contributed by atoms with van der Waals surface area (Å²) in [6.07, 6.45) is 1.12. The van der Waals surface area contributed by atoms with Gasteiger partial charge in [-0.15, -0.1) is 5.73 Å². The van der Waals surface area contributed by atoms with Gasteiger partial charge >= 0.3 is 0 Å². The van der Waals surface area contributed by atoms with Gasteiger partial charge in [0.05, 0.1) is 12.2 Å². The molecule has 1 aliphatic heterocycles. The van der Waals surface area contributed by atoms with Crippen LogP contribution in [0.4, 0.5) is 0 Å². The van der Waals surface area contributed by atoms with E-state index in [-0.39, 0.29) is 12.2 Å². The highest BCUT2D eigenvalue weighted by molar-refractivity contribution is 6.81. The lowest BCUT2D eigenvalue weighted by Crippen LogP contribution is -2.52. The number of benzene rings is 1. The SMILES string of the molecule is C=C=C1[C@H](O[Si](C)(C)C)C[C@@H](c2ccccc2)O[Si]1(CC)CC. The van der Waals surface area contributed by atoms with Crippen LogP contribution in [0.3, 0.4) is 0 Å². The molecule has 0 amide bonds. The Hall–Kier alpha value is -0.906. The second kappa shape index (κ2) is 7.33. The summed E-state index contributed by atoms with van der Waals surface area (Å²) in [6, 6.07) is 12.7. The maximum absolute atomic E-state index is 6.74. The first-order valence-corrected chi connectivity index (χ1v) is 14.4. The third-order valence-electron chi connectivity index (χ3n) is 4.61. The maximum atomic E-state index is 6.74. The zero-order valence-corrected chi connectivity index (χ0v) is 17.2. The number of rotatable bonds is 5. The van der Waals surface area contributed by atoms with Crippen molar-refractivity contribution < 1.29 is 8.85 Å². The lowest BCUT2D eigenvalue weighted by atomic mass is 10.0. The molecule has 2 nitrogen and oxygen atoms in total. The molecule has 23 heavy (non-hydrogen) atoms. The molecule has 0 N–H and O–H groups in total. The molecule has 0 radical (unpaired) electrons. The van der Waals surface area contributed by atoms with E-state index in [4.69, 9.17) is 8.85 Å². The van der Waals surface area contributed by atoms with Crippen LogP contribution in [-0.4, -0.2) is 22.7 Å². The molecule has 4 heteroatoms. The standard InChI is InChI=1S/C19H30O2Si2/c1-7-19-18(20-22(4,5)6)15-17(16-13-11-10-12-14-16)21-23(19,8-2)9-3/h10-14,17-18H,1,8-9,15H2,2-6H3/t17-,18+/m0/s1. The minimum Gasteiger partial charge on any atom is -0.411 e. The highest BCUT2D eigenvalue weighted by Gasteiger charge is 2.48. The van der Waals surface area contributed by atoms with E-state index in [0.29, 0.717) is 0 Å². The molecule has 0 aromatic heterocycles. The Labute approximate surface area is 143 Å². The van der Waals surface area contributed by atoms with Crippen LogP contribution >= 0.6 is 0 Å². The molecule has 1 saturated heterocycles. The van der Waals surface area contributed by atoms with E-state index in [1.165, 1.54) is 10.8 Å². The summed E-state index contributed by atoms with van der Waals surface area (Å²) in [7, 11) is -3.67. The van der Waals surface area contributed by atoms with Gasteiger partial charge in [0.25, 0.3) is 0 Å². The molecule has 0 unspecified atom stereocenters. The molecule has 0 spiro atoms. The van der Waals surface area contributed by atoms with Crippen LogP contribution in [0.1, 0.15) is 31.9 Å². The van der Waals surface area contributed by atoms with Gasteiger partial charge < -0.3 is 8.85 Å². The first-order valence-electron chi connectivity index (χ1n) is 8.66. The van der Waals surface area contributed by atoms with Crippen LogP contribution in [0.25, 0.3) is 0 Å². The predicted octanol–water partition coefficient (Wildman–Crippen LogP) is 5.60. The number of hydrogen-bond donors (Lipinski definition) is 0. The zero-order valence-electron chi connectivity index (χ0n) is 15.2. The second-order valence-electron chi connectivity index (χ2n) is 7.26. The molecule has 1 aliphatic rings. The molecule has 1 fully saturated rings. The minimum atomic E-state index is -2.03. The lowest BCUT2D eigenvalue weighted by Gasteiger charge is -2.45. The third-order valence-corrected chi connectivity index (χ3v) is 10.1. The Morgan fingerprint density at radius 1 is 1.22 bits per heavy atom. The summed E-state index contributed by atoms with van der Waals surface area (Å²) >= 11 is 0. The fourth-order valence-electron chi connectivity index (χ4n) is 3.47. The van der Waals surface area contributed by atoms with E-state index < -0.39 is 16.6 Å². The van der Waals surface area contributed by atoms with E-state index in [9.17, 15) is 0 Å². The van der Waals surface area contributed by atoms with Gasteiger partial charge in [-0.1, -0.05) is 50.8 Å². The van der Waals surface area contributed by atoms with Crippen molar-refractivity contribution in [1.82, 2.24) is 0 Å². The van der Waals surface area contributed by atoms with E-state index >= 15 is 0 Å². The molecule has 0 aliphatic carbocycles. The van der Waals surface area contributed by atoms with Crippen LogP contribution in [0.15, 0.2) is 47.8 Å². The summed E-state index contributed by atoms with van der Waals surface area (Å²) in [5.41, 5.74) is 4.50. The van der Waals surface area contributed by atoms with Crippen LogP contribution < -0.4 is 0 Å². The topological polar surface area (TPSA) is 18.5 Å². The van der Waals surface area contributed by atoms with Crippen LogP contribution in [0.5, 0.6) is 0 Å². The average Bonchev–Trinajstić information content (AvgIpc) is 2.53. The molecular weight excluding hydrogens is 316 g/mol. The lowest BCUT2D eigenvalue weighted by molar-refractivity contribution is 0.0948. The Morgan fingerprint density at radius 3 is 2.30 bits per heavy atom. The summed E-state index contributed by atoms with van der Waals surface area (Å²) in [5, 5.41) is 1.25. The smallest absolute Gasteiger partial charge is 0.230 e. The van der Waals surface area contributed by atoms with Crippen molar-refractivity contribution >= 4 is 16.6 Å². The van der Waals surface area contributed by atoms with E-state index in [1.807, 2.05) is 0 Å². The summed E-state index contributed by atoms with van der Waals surface area (Å²) in [6.45, 7) is 15.2. The quantitative estimate of drug-likeness (QED) is 0.510. The largest absolute Gasteiger partial charge is 0.411 e. The number of hydrogen-bond acceptors (Lipinski definition) is 2. The van der Waals surface area contributed by atoms with Gasteiger partial charge in [0, 0.05) is 11.6 Å². The Kier molecular flexibility index (Phi) is 5.87. The molecule has 126 valence electrons. The second-order valence-corrected chi connectivity index (χ2v) is 15.9. The van der Waals surface area contributed by atoms with Crippen LogP contribution in [-0.2, 0) is 8.85 Å². The van der Waals surface area contributed by atoms with E-state index in [1.54, 1.807) is 0 Å². The summed E-state index contributed by atoms with van der Waals surface area (Å²) in [5.74, 6) is 0. The molecule has 0 saturated carbocycles. The van der Waals surface area contributed by atoms with Gasteiger partial charge in [-0.3, -0.25) is 0 Å². The van der Waals surface area contributed by atoms with Gasteiger partial charge in [-0.2, -0.15) is 0 Å². The average molecular weight is 347 g/mol. The molecule has 2 atom stereocenters. The molecular formula is C19H30O2Si2. The maximum Gasteiger partial charge on any atom is 0.230 e. The van der Waals surface area contributed by atoms with Crippen molar-refractivity contribution in [1.29, 1.82) is 0 Å². The van der Waals surface area contributed by atoms with Crippen LogP contribution in [0.2, 0.25) is 31.7 Å².